The predicted octanol–water partition coefficient (Wildman–Crippen LogP) is 2.80. The highest BCUT2D eigenvalue weighted by molar-refractivity contribution is 5.97. The number of aliphatic hydroxyl groups is 1. The van der Waals surface area contributed by atoms with Gasteiger partial charge in [0.2, 0.25) is 5.91 Å². The van der Waals surface area contributed by atoms with Crippen LogP contribution in [-0.2, 0) is 11.0 Å². The summed E-state index contributed by atoms with van der Waals surface area (Å²) in [5.74, 6) is -1.32. The van der Waals surface area contributed by atoms with Crippen LogP contribution in [0, 0.1) is 5.41 Å². The Hall–Kier alpha value is -2.09. The third-order valence-electron chi connectivity index (χ3n) is 3.30. The lowest BCUT2D eigenvalue weighted by atomic mass is 9.89. The van der Waals surface area contributed by atoms with E-state index in [1.165, 1.54) is 0 Å². The molecule has 0 aliphatic carbocycles. The Morgan fingerprint density at radius 2 is 1.75 bits per heavy atom. The van der Waals surface area contributed by atoms with Gasteiger partial charge in [-0.15, -0.1) is 0 Å². The van der Waals surface area contributed by atoms with E-state index < -0.39 is 35.1 Å². The molecule has 5 nitrogen and oxygen atoms in total. The molecule has 0 aromatic heterocycles. The lowest BCUT2D eigenvalue weighted by Crippen LogP contribution is -2.39. The van der Waals surface area contributed by atoms with E-state index >= 15 is 0 Å². The first-order chi connectivity index (χ1) is 10.8. The highest BCUT2D eigenvalue weighted by Gasteiger charge is 2.32. The van der Waals surface area contributed by atoms with E-state index in [4.69, 9.17) is 0 Å². The van der Waals surface area contributed by atoms with E-state index in [0.717, 1.165) is 19.1 Å². The maximum Gasteiger partial charge on any atom is 0.416 e. The van der Waals surface area contributed by atoms with Crippen LogP contribution in [0.25, 0.3) is 0 Å². The molecule has 0 heterocycles. The summed E-state index contributed by atoms with van der Waals surface area (Å²) < 4.78 is 38.8. The van der Waals surface area contributed by atoms with Crippen LogP contribution in [-0.4, -0.2) is 29.6 Å². The summed E-state index contributed by atoms with van der Waals surface area (Å²) in [6.45, 7) is 6.35. The number of carbonyl (C=O) groups is 2. The number of alkyl halides is 3. The maximum atomic E-state index is 12.9. The molecule has 134 valence electrons. The Bertz CT molecular complexity index is 622. The molecular formula is C16H21F3N2O3. The minimum Gasteiger partial charge on any atom is -0.391 e. The second-order valence-electron chi connectivity index (χ2n) is 6.57. The monoisotopic (exact) mass is 346 g/mol. The third kappa shape index (κ3) is 5.84. The number of nitrogens with one attached hydrogen (secondary N) is 2. The predicted molar refractivity (Wildman–Crippen MR) is 83.5 cm³/mol. The molecule has 0 saturated carbocycles. The molecule has 1 aromatic carbocycles. The molecule has 3 N–H and O–H groups in total. The van der Waals surface area contributed by atoms with Gasteiger partial charge in [0.1, 0.15) is 0 Å². The van der Waals surface area contributed by atoms with E-state index in [2.05, 4.69) is 10.6 Å². The zero-order valence-corrected chi connectivity index (χ0v) is 13.9. The van der Waals surface area contributed by atoms with Crippen molar-refractivity contribution in [3.63, 3.8) is 0 Å². The molecule has 8 heteroatoms. The van der Waals surface area contributed by atoms with Gasteiger partial charge < -0.3 is 15.7 Å². The average molecular weight is 346 g/mol. The maximum absolute atomic E-state index is 12.9. The number of rotatable bonds is 4. The molecule has 1 unspecified atom stereocenters. The first-order valence-corrected chi connectivity index (χ1v) is 7.27. The van der Waals surface area contributed by atoms with Gasteiger partial charge >= 0.3 is 6.18 Å². The molecule has 1 atom stereocenters. The summed E-state index contributed by atoms with van der Waals surface area (Å²) in [4.78, 5) is 23.1. The summed E-state index contributed by atoms with van der Waals surface area (Å²) in [5, 5.41) is 14.5. The molecule has 1 rings (SSSR count). The van der Waals surface area contributed by atoms with Crippen molar-refractivity contribution in [3.05, 3.63) is 29.3 Å². The van der Waals surface area contributed by atoms with Gasteiger partial charge in [0.15, 0.2) is 0 Å². The second kappa shape index (κ2) is 7.21. The Kier molecular flexibility index (Phi) is 5.99. The molecule has 2 amide bonds. The number of carbonyl (C=O) groups excluding carboxylic acids is 2. The number of aliphatic hydroxyl groups excluding tert-OH is 1. The van der Waals surface area contributed by atoms with Gasteiger partial charge in [-0.25, -0.2) is 0 Å². The van der Waals surface area contributed by atoms with Crippen LogP contribution in [0.15, 0.2) is 18.2 Å². The van der Waals surface area contributed by atoms with Crippen LogP contribution < -0.4 is 10.6 Å². The molecule has 0 saturated heterocycles. The summed E-state index contributed by atoms with van der Waals surface area (Å²) in [6.07, 6.45) is -5.52. The van der Waals surface area contributed by atoms with Gasteiger partial charge in [0.25, 0.3) is 5.91 Å². The van der Waals surface area contributed by atoms with Crippen LogP contribution in [0.4, 0.5) is 18.9 Å². The van der Waals surface area contributed by atoms with Gasteiger partial charge in [-0.3, -0.25) is 9.59 Å². The second-order valence-corrected chi connectivity index (χ2v) is 6.57. The van der Waals surface area contributed by atoms with Crippen molar-refractivity contribution in [1.82, 2.24) is 5.32 Å². The number of halogens is 3. The summed E-state index contributed by atoms with van der Waals surface area (Å²) in [5.41, 5.74) is -1.91. The third-order valence-corrected chi connectivity index (χ3v) is 3.30. The standard InChI is InChI=1S/C16H21F3N2O3/c1-9(22)21-12-6-10(5-11(7-12)16(17,18)19)14(24)20-8-13(23)15(2,3)4/h5-7,13,23H,8H2,1-4H3,(H,20,24)(H,21,22). The summed E-state index contributed by atoms with van der Waals surface area (Å²) in [6, 6.07) is 2.60. The van der Waals surface area contributed by atoms with E-state index in [9.17, 15) is 27.9 Å². The molecular weight excluding hydrogens is 325 g/mol. The van der Waals surface area contributed by atoms with E-state index in [1.807, 2.05) is 0 Å². The molecule has 0 spiro atoms. The van der Waals surface area contributed by atoms with Crippen molar-refractivity contribution < 1.29 is 27.9 Å². The lowest BCUT2D eigenvalue weighted by Gasteiger charge is -2.26. The first-order valence-electron chi connectivity index (χ1n) is 7.27. The first kappa shape index (κ1) is 20.0. The topological polar surface area (TPSA) is 78.4 Å². The van der Waals surface area contributed by atoms with Crippen LogP contribution >= 0.6 is 0 Å². The molecule has 1 aromatic rings. The number of anilines is 1. The molecule has 0 radical (unpaired) electrons. The fourth-order valence-corrected chi connectivity index (χ4v) is 1.80. The Morgan fingerprint density at radius 1 is 1.17 bits per heavy atom. The largest absolute Gasteiger partial charge is 0.416 e. The smallest absolute Gasteiger partial charge is 0.391 e. The van der Waals surface area contributed by atoms with Crippen molar-refractivity contribution in [1.29, 1.82) is 0 Å². The molecule has 0 bridgehead atoms. The number of benzene rings is 1. The fourth-order valence-electron chi connectivity index (χ4n) is 1.80. The van der Waals surface area contributed by atoms with Gasteiger partial charge in [-0.05, 0) is 23.6 Å². The fraction of sp³-hybridized carbons (Fsp3) is 0.500. The van der Waals surface area contributed by atoms with E-state index in [-0.39, 0.29) is 17.8 Å². The molecule has 0 fully saturated rings. The van der Waals surface area contributed by atoms with Crippen LogP contribution in [0.3, 0.4) is 0 Å². The Morgan fingerprint density at radius 3 is 2.21 bits per heavy atom. The van der Waals surface area contributed by atoms with Crippen molar-refractivity contribution in [2.45, 2.75) is 40.0 Å². The van der Waals surface area contributed by atoms with Gasteiger partial charge in [0.05, 0.1) is 11.7 Å². The number of amides is 2. The van der Waals surface area contributed by atoms with Crippen LogP contribution in [0.2, 0.25) is 0 Å². The minimum atomic E-state index is -4.66. The highest BCUT2D eigenvalue weighted by atomic mass is 19.4. The number of hydrogen-bond acceptors (Lipinski definition) is 3. The summed E-state index contributed by atoms with van der Waals surface area (Å²) in [7, 11) is 0. The summed E-state index contributed by atoms with van der Waals surface area (Å²) >= 11 is 0. The van der Waals surface area contributed by atoms with Crippen LogP contribution in [0.1, 0.15) is 43.6 Å². The quantitative estimate of drug-likeness (QED) is 0.784. The van der Waals surface area contributed by atoms with Crippen molar-refractivity contribution in [2.24, 2.45) is 5.41 Å². The van der Waals surface area contributed by atoms with Crippen LogP contribution in [0.5, 0.6) is 0 Å². The van der Waals surface area contributed by atoms with Crippen molar-refractivity contribution in [2.75, 3.05) is 11.9 Å². The molecule has 0 aliphatic rings. The zero-order chi connectivity index (χ0) is 18.7. The van der Waals surface area contributed by atoms with Crippen molar-refractivity contribution >= 4 is 17.5 Å². The highest BCUT2D eigenvalue weighted by Crippen LogP contribution is 2.32. The van der Waals surface area contributed by atoms with Gasteiger partial charge in [0, 0.05) is 24.7 Å². The average Bonchev–Trinajstić information content (AvgIpc) is 2.41. The lowest BCUT2D eigenvalue weighted by molar-refractivity contribution is -0.137. The van der Waals surface area contributed by atoms with Crippen molar-refractivity contribution in [3.8, 4) is 0 Å². The SMILES string of the molecule is CC(=O)Nc1cc(C(=O)NCC(O)C(C)(C)C)cc(C(F)(F)F)c1. The molecule has 0 aliphatic heterocycles. The Balaban J connectivity index is 3.04. The van der Waals surface area contributed by atoms with Gasteiger partial charge in [-0.1, -0.05) is 20.8 Å². The van der Waals surface area contributed by atoms with E-state index in [0.29, 0.717) is 6.07 Å². The van der Waals surface area contributed by atoms with E-state index in [1.54, 1.807) is 20.8 Å². The molecule has 24 heavy (non-hydrogen) atoms. The number of hydrogen-bond donors (Lipinski definition) is 3. The van der Waals surface area contributed by atoms with Gasteiger partial charge in [-0.2, -0.15) is 13.2 Å². The normalized spacial score (nSPS) is 13.3. The zero-order valence-electron chi connectivity index (χ0n) is 13.9. The minimum absolute atomic E-state index is 0.103. The Labute approximate surface area is 138 Å².